The van der Waals surface area contributed by atoms with Crippen LogP contribution in [0.15, 0.2) is 18.2 Å². The summed E-state index contributed by atoms with van der Waals surface area (Å²) in [6, 6.07) is 5.15. The lowest BCUT2D eigenvalue weighted by molar-refractivity contribution is 0.0876. The topological polar surface area (TPSA) is 92.6 Å². The van der Waals surface area contributed by atoms with Gasteiger partial charge in [-0.3, -0.25) is 4.79 Å². The van der Waals surface area contributed by atoms with Gasteiger partial charge in [0.1, 0.15) is 0 Å². The number of hydrogen-bond acceptors (Lipinski definition) is 4. The molecule has 5 nitrogen and oxygen atoms in total. The average Bonchev–Trinajstić information content (AvgIpc) is 2.25. The minimum absolute atomic E-state index is 0.307. The number of nitrogen functional groups attached to an aromatic ring is 1. The average molecular weight is 251 g/mol. The molecule has 1 rings (SSSR count). The third kappa shape index (κ3) is 3.37. The Kier molecular flexibility index (Phi) is 4.19. The van der Waals surface area contributed by atoms with E-state index in [0.717, 1.165) is 5.69 Å². The normalized spacial score (nSPS) is 11.3. The fourth-order valence-electron chi connectivity index (χ4n) is 1.88. The standard InChI is InChI=1S/C13H21N3O2/c1-4-16(8-13(2,3)18)10-7-5-6-9(11(10)14)12(15)17/h5-7,18H,4,8,14H2,1-3H3,(H2,15,17). The quantitative estimate of drug-likeness (QED) is 0.680. The van der Waals surface area contributed by atoms with E-state index in [1.807, 2.05) is 17.9 Å². The number of hydrogen-bond donors (Lipinski definition) is 3. The van der Waals surface area contributed by atoms with Crippen molar-refractivity contribution >= 4 is 17.3 Å². The summed E-state index contributed by atoms with van der Waals surface area (Å²) in [7, 11) is 0. The zero-order valence-corrected chi connectivity index (χ0v) is 11.1. The largest absolute Gasteiger partial charge is 0.396 e. The van der Waals surface area contributed by atoms with E-state index in [1.165, 1.54) is 0 Å². The summed E-state index contributed by atoms with van der Waals surface area (Å²) < 4.78 is 0. The van der Waals surface area contributed by atoms with Crippen LogP contribution in [0.4, 0.5) is 11.4 Å². The predicted octanol–water partition coefficient (Wildman–Crippen LogP) is 0.965. The number of carbonyl (C=O) groups is 1. The van der Waals surface area contributed by atoms with Crippen LogP contribution in [-0.2, 0) is 0 Å². The SMILES string of the molecule is CCN(CC(C)(C)O)c1cccc(C(N)=O)c1N. The zero-order valence-electron chi connectivity index (χ0n) is 11.1. The first-order valence-electron chi connectivity index (χ1n) is 5.92. The maximum absolute atomic E-state index is 11.2. The van der Waals surface area contributed by atoms with Gasteiger partial charge in [-0.2, -0.15) is 0 Å². The number of para-hydroxylation sites is 1. The number of primary amides is 1. The first-order valence-corrected chi connectivity index (χ1v) is 5.92. The highest BCUT2D eigenvalue weighted by Crippen LogP contribution is 2.27. The number of nitrogens with two attached hydrogens (primary N) is 2. The summed E-state index contributed by atoms with van der Waals surface area (Å²) in [5.41, 5.74) is 11.8. The van der Waals surface area contributed by atoms with Crippen LogP contribution in [0.25, 0.3) is 0 Å². The Balaban J connectivity index is 3.14. The Morgan fingerprint density at radius 3 is 2.50 bits per heavy atom. The number of rotatable bonds is 5. The summed E-state index contributed by atoms with van der Waals surface area (Å²) >= 11 is 0. The van der Waals surface area contributed by atoms with Crippen LogP contribution in [0.2, 0.25) is 0 Å². The lowest BCUT2D eigenvalue weighted by atomic mass is 10.1. The smallest absolute Gasteiger partial charge is 0.250 e. The molecule has 0 saturated heterocycles. The van der Waals surface area contributed by atoms with Gasteiger partial charge in [0.15, 0.2) is 0 Å². The predicted molar refractivity (Wildman–Crippen MR) is 73.6 cm³/mol. The zero-order chi connectivity index (χ0) is 13.9. The number of anilines is 2. The molecule has 100 valence electrons. The van der Waals surface area contributed by atoms with E-state index < -0.39 is 11.5 Å². The molecule has 5 N–H and O–H groups in total. The molecule has 0 bridgehead atoms. The molecule has 0 radical (unpaired) electrons. The first-order chi connectivity index (χ1) is 8.26. The van der Waals surface area contributed by atoms with Gasteiger partial charge >= 0.3 is 0 Å². The van der Waals surface area contributed by atoms with E-state index in [2.05, 4.69) is 0 Å². The van der Waals surface area contributed by atoms with Crippen LogP contribution in [0.5, 0.6) is 0 Å². The van der Waals surface area contributed by atoms with Gasteiger partial charge in [0.05, 0.1) is 22.5 Å². The Bertz CT molecular complexity index is 438. The minimum atomic E-state index is -0.842. The summed E-state index contributed by atoms with van der Waals surface area (Å²) in [6.45, 7) is 6.52. The van der Waals surface area contributed by atoms with Crippen molar-refractivity contribution in [2.24, 2.45) is 5.73 Å². The number of nitrogens with zero attached hydrogens (tertiary/aromatic N) is 1. The number of aliphatic hydroxyl groups is 1. The Morgan fingerprint density at radius 1 is 1.44 bits per heavy atom. The van der Waals surface area contributed by atoms with Gasteiger partial charge in [0.25, 0.3) is 5.91 Å². The van der Waals surface area contributed by atoms with E-state index in [9.17, 15) is 9.90 Å². The Morgan fingerprint density at radius 2 is 2.06 bits per heavy atom. The van der Waals surface area contributed by atoms with E-state index in [-0.39, 0.29) is 0 Å². The van der Waals surface area contributed by atoms with Crippen LogP contribution in [0, 0.1) is 0 Å². The number of carbonyl (C=O) groups excluding carboxylic acids is 1. The van der Waals surface area contributed by atoms with Gasteiger partial charge in [-0.15, -0.1) is 0 Å². The molecule has 0 aliphatic rings. The molecule has 0 aromatic heterocycles. The molecule has 0 fully saturated rings. The van der Waals surface area contributed by atoms with Crippen LogP contribution < -0.4 is 16.4 Å². The van der Waals surface area contributed by atoms with Crippen LogP contribution in [0.1, 0.15) is 31.1 Å². The van der Waals surface area contributed by atoms with E-state index in [0.29, 0.717) is 24.3 Å². The van der Waals surface area contributed by atoms with Crippen LogP contribution >= 0.6 is 0 Å². The summed E-state index contributed by atoms with van der Waals surface area (Å²) in [4.78, 5) is 13.2. The van der Waals surface area contributed by atoms with Gasteiger partial charge in [0.2, 0.25) is 0 Å². The highest BCUT2D eigenvalue weighted by Gasteiger charge is 2.20. The van der Waals surface area contributed by atoms with Crippen molar-refractivity contribution < 1.29 is 9.90 Å². The fourth-order valence-corrected chi connectivity index (χ4v) is 1.88. The molecule has 1 aromatic rings. The second-order valence-electron chi connectivity index (χ2n) is 4.93. The molecular weight excluding hydrogens is 230 g/mol. The van der Waals surface area contributed by atoms with Gasteiger partial charge in [-0.1, -0.05) is 6.07 Å². The van der Waals surface area contributed by atoms with E-state index >= 15 is 0 Å². The van der Waals surface area contributed by atoms with Gasteiger partial charge in [0, 0.05) is 13.1 Å². The lowest BCUT2D eigenvalue weighted by Gasteiger charge is -2.31. The van der Waals surface area contributed by atoms with E-state index in [1.54, 1.807) is 26.0 Å². The van der Waals surface area contributed by atoms with Crippen molar-refractivity contribution in [2.45, 2.75) is 26.4 Å². The minimum Gasteiger partial charge on any atom is -0.396 e. The Hall–Kier alpha value is -1.75. The molecular formula is C13H21N3O2. The van der Waals surface area contributed by atoms with Crippen molar-refractivity contribution in [2.75, 3.05) is 23.7 Å². The van der Waals surface area contributed by atoms with Crippen molar-refractivity contribution in [3.63, 3.8) is 0 Å². The molecule has 0 heterocycles. The second-order valence-corrected chi connectivity index (χ2v) is 4.93. The third-order valence-corrected chi connectivity index (χ3v) is 2.65. The Labute approximate surface area is 107 Å². The number of amides is 1. The molecule has 5 heteroatoms. The first kappa shape index (κ1) is 14.3. The van der Waals surface area contributed by atoms with Gasteiger partial charge < -0.3 is 21.5 Å². The maximum atomic E-state index is 11.2. The highest BCUT2D eigenvalue weighted by molar-refractivity contribution is 6.00. The molecule has 0 atom stereocenters. The van der Waals surface area contributed by atoms with Crippen molar-refractivity contribution in [1.82, 2.24) is 0 Å². The van der Waals surface area contributed by atoms with Gasteiger partial charge in [-0.05, 0) is 32.9 Å². The second kappa shape index (κ2) is 5.27. The number of benzene rings is 1. The van der Waals surface area contributed by atoms with Crippen molar-refractivity contribution in [1.29, 1.82) is 0 Å². The molecule has 0 unspecified atom stereocenters. The molecule has 1 amide bonds. The molecule has 18 heavy (non-hydrogen) atoms. The van der Waals surface area contributed by atoms with Crippen LogP contribution in [-0.4, -0.2) is 29.7 Å². The fraction of sp³-hybridized carbons (Fsp3) is 0.462. The lowest BCUT2D eigenvalue weighted by Crippen LogP contribution is -2.39. The van der Waals surface area contributed by atoms with Crippen molar-refractivity contribution in [3.8, 4) is 0 Å². The highest BCUT2D eigenvalue weighted by atomic mass is 16.3. The number of likely N-dealkylation sites (N-methyl/N-ethyl adjacent to an activating group) is 1. The molecule has 1 aromatic carbocycles. The molecule has 0 saturated carbocycles. The van der Waals surface area contributed by atoms with Crippen molar-refractivity contribution in [3.05, 3.63) is 23.8 Å². The van der Waals surface area contributed by atoms with Gasteiger partial charge in [-0.25, -0.2) is 0 Å². The summed E-state index contributed by atoms with van der Waals surface area (Å²) in [6.07, 6.45) is 0. The summed E-state index contributed by atoms with van der Waals surface area (Å²) in [5.74, 6) is -0.548. The van der Waals surface area contributed by atoms with Crippen LogP contribution in [0.3, 0.4) is 0 Å². The maximum Gasteiger partial charge on any atom is 0.250 e. The monoisotopic (exact) mass is 251 g/mol. The molecule has 0 spiro atoms. The van der Waals surface area contributed by atoms with E-state index in [4.69, 9.17) is 11.5 Å². The molecule has 0 aliphatic carbocycles. The third-order valence-electron chi connectivity index (χ3n) is 2.65. The summed E-state index contributed by atoms with van der Waals surface area (Å²) in [5, 5.41) is 9.88. The molecule has 0 aliphatic heterocycles.